The molecule has 126 valence electrons. The SMILES string of the molecule is NC1CCC(c2ccc3c(c2)CCC(CCc2cccnc2)C3)C1. The van der Waals surface area contributed by atoms with E-state index < -0.39 is 0 Å². The normalized spacial score (nSPS) is 26.3. The summed E-state index contributed by atoms with van der Waals surface area (Å²) in [6.45, 7) is 0. The summed E-state index contributed by atoms with van der Waals surface area (Å²) < 4.78 is 0. The van der Waals surface area contributed by atoms with Crippen LogP contribution in [0.1, 0.15) is 60.3 Å². The maximum atomic E-state index is 6.10. The number of nitrogens with zero attached hydrogens (tertiary/aromatic N) is 1. The molecule has 0 aliphatic heterocycles. The Bertz CT molecular complexity index is 680. The van der Waals surface area contributed by atoms with E-state index >= 15 is 0 Å². The Morgan fingerprint density at radius 3 is 2.83 bits per heavy atom. The number of fused-ring (bicyclic) bond motifs is 1. The van der Waals surface area contributed by atoms with Crippen LogP contribution in [-0.4, -0.2) is 11.0 Å². The Hall–Kier alpha value is -1.67. The first-order chi connectivity index (χ1) is 11.8. The lowest BCUT2D eigenvalue weighted by atomic mass is 9.79. The van der Waals surface area contributed by atoms with Crippen LogP contribution in [0.3, 0.4) is 0 Å². The first-order valence-corrected chi connectivity index (χ1v) is 9.54. The number of benzene rings is 1. The average molecular weight is 320 g/mol. The fraction of sp³-hybridized carbons (Fsp3) is 0.500. The smallest absolute Gasteiger partial charge is 0.0299 e. The first-order valence-electron chi connectivity index (χ1n) is 9.54. The van der Waals surface area contributed by atoms with Gasteiger partial charge in [0, 0.05) is 18.4 Å². The van der Waals surface area contributed by atoms with Gasteiger partial charge in [0.2, 0.25) is 0 Å². The molecule has 1 fully saturated rings. The topological polar surface area (TPSA) is 38.9 Å². The number of hydrogen-bond acceptors (Lipinski definition) is 2. The standard InChI is InChI=1S/C22H28N2/c23-22-10-9-21(14-22)20-8-7-18-12-16(5-6-19(18)13-20)3-4-17-2-1-11-24-15-17/h1-2,7-8,11,13,15-16,21-22H,3-6,9-10,12,14,23H2. The van der Waals surface area contributed by atoms with E-state index in [4.69, 9.17) is 5.73 Å². The van der Waals surface area contributed by atoms with Gasteiger partial charge in [-0.15, -0.1) is 0 Å². The summed E-state index contributed by atoms with van der Waals surface area (Å²) in [5.74, 6) is 1.53. The summed E-state index contributed by atoms with van der Waals surface area (Å²) >= 11 is 0. The molecule has 2 heteroatoms. The molecule has 0 radical (unpaired) electrons. The number of nitrogens with two attached hydrogens (primary N) is 1. The van der Waals surface area contributed by atoms with Crippen molar-refractivity contribution < 1.29 is 0 Å². The molecule has 1 heterocycles. The van der Waals surface area contributed by atoms with Gasteiger partial charge in [-0.25, -0.2) is 0 Å². The quantitative estimate of drug-likeness (QED) is 0.906. The van der Waals surface area contributed by atoms with Gasteiger partial charge >= 0.3 is 0 Å². The predicted octanol–water partition coefficient (Wildman–Crippen LogP) is 4.41. The van der Waals surface area contributed by atoms with Crippen LogP contribution in [0.15, 0.2) is 42.7 Å². The average Bonchev–Trinajstić information content (AvgIpc) is 3.07. The zero-order valence-corrected chi connectivity index (χ0v) is 14.5. The van der Waals surface area contributed by atoms with Gasteiger partial charge < -0.3 is 5.73 Å². The number of rotatable bonds is 4. The molecule has 24 heavy (non-hydrogen) atoms. The third-order valence-corrected chi connectivity index (χ3v) is 6.07. The minimum absolute atomic E-state index is 0.419. The fourth-order valence-electron chi connectivity index (χ4n) is 4.59. The summed E-state index contributed by atoms with van der Waals surface area (Å²) in [4.78, 5) is 4.23. The molecule has 0 amide bonds. The second-order valence-electron chi connectivity index (χ2n) is 7.81. The lowest BCUT2D eigenvalue weighted by molar-refractivity contribution is 0.427. The van der Waals surface area contributed by atoms with Gasteiger partial charge in [0.25, 0.3) is 0 Å². The summed E-state index contributed by atoms with van der Waals surface area (Å²) in [5.41, 5.74) is 12.2. The van der Waals surface area contributed by atoms with Crippen LogP contribution >= 0.6 is 0 Å². The molecule has 3 unspecified atom stereocenters. The van der Waals surface area contributed by atoms with Crippen molar-refractivity contribution in [3.8, 4) is 0 Å². The minimum atomic E-state index is 0.419. The molecular weight excluding hydrogens is 292 g/mol. The highest BCUT2D eigenvalue weighted by molar-refractivity contribution is 5.36. The number of aromatic nitrogens is 1. The van der Waals surface area contributed by atoms with Crippen LogP contribution < -0.4 is 5.73 Å². The third-order valence-electron chi connectivity index (χ3n) is 6.07. The van der Waals surface area contributed by atoms with Crippen LogP contribution in [0.2, 0.25) is 0 Å². The molecule has 0 spiro atoms. The second kappa shape index (κ2) is 7.06. The highest BCUT2D eigenvalue weighted by atomic mass is 14.6. The van der Waals surface area contributed by atoms with Crippen LogP contribution in [0, 0.1) is 5.92 Å². The van der Waals surface area contributed by atoms with Gasteiger partial charge in [0.05, 0.1) is 0 Å². The molecule has 1 aromatic carbocycles. The minimum Gasteiger partial charge on any atom is -0.328 e. The Balaban J connectivity index is 1.38. The van der Waals surface area contributed by atoms with E-state index in [1.165, 1.54) is 56.1 Å². The summed E-state index contributed by atoms with van der Waals surface area (Å²) in [6.07, 6.45) is 13.8. The second-order valence-corrected chi connectivity index (χ2v) is 7.81. The summed E-state index contributed by atoms with van der Waals surface area (Å²) in [5, 5.41) is 0. The van der Waals surface area contributed by atoms with E-state index in [9.17, 15) is 0 Å². The van der Waals surface area contributed by atoms with Gasteiger partial charge in [-0.1, -0.05) is 24.3 Å². The zero-order chi connectivity index (χ0) is 16.4. The van der Waals surface area contributed by atoms with E-state index in [0.717, 1.165) is 12.3 Å². The van der Waals surface area contributed by atoms with E-state index in [-0.39, 0.29) is 0 Å². The highest BCUT2D eigenvalue weighted by Gasteiger charge is 2.25. The van der Waals surface area contributed by atoms with Gasteiger partial charge in [0.1, 0.15) is 0 Å². The lowest BCUT2D eigenvalue weighted by Gasteiger charge is -2.26. The Morgan fingerprint density at radius 2 is 2.04 bits per heavy atom. The lowest BCUT2D eigenvalue weighted by Crippen LogP contribution is -2.16. The number of pyridine rings is 1. The van der Waals surface area contributed by atoms with Crippen molar-refractivity contribution in [2.45, 2.75) is 63.3 Å². The molecule has 2 aromatic rings. The molecule has 0 bridgehead atoms. The maximum absolute atomic E-state index is 6.10. The highest BCUT2D eigenvalue weighted by Crippen LogP contribution is 2.36. The third kappa shape index (κ3) is 3.54. The molecule has 1 aromatic heterocycles. The molecule has 2 aliphatic carbocycles. The maximum Gasteiger partial charge on any atom is 0.0299 e. The molecule has 2 aliphatic rings. The van der Waals surface area contributed by atoms with E-state index in [1.807, 2.05) is 18.5 Å². The molecule has 0 saturated heterocycles. The number of hydrogen-bond donors (Lipinski definition) is 1. The summed E-state index contributed by atoms with van der Waals surface area (Å²) in [7, 11) is 0. The molecule has 4 rings (SSSR count). The van der Waals surface area contributed by atoms with Gasteiger partial charge in [-0.2, -0.15) is 0 Å². The van der Waals surface area contributed by atoms with Crippen LogP contribution in [0.25, 0.3) is 0 Å². The van der Waals surface area contributed by atoms with Crippen LogP contribution in [0.5, 0.6) is 0 Å². The van der Waals surface area contributed by atoms with Gasteiger partial charge in [-0.3, -0.25) is 4.98 Å². The predicted molar refractivity (Wildman–Crippen MR) is 99.1 cm³/mol. The van der Waals surface area contributed by atoms with Crippen molar-refractivity contribution in [1.82, 2.24) is 4.98 Å². The molecule has 3 atom stereocenters. The van der Waals surface area contributed by atoms with Crippen molar-refractivity contribution in [2.75, 3.05) is 0 Å². The monoisotopic (exact) mass is 320 g/mol. The molecular formula is C22H28N2. The van der Waals surface area contributed by atoms with E-state index in [1.54, 1.807) is 11.1 Å². The van der Waals surface area contributed by atoms with Gasteiger partial charge in [-0.05, 0) is 91.5 Å². The van der Waals surface area contributed by atoms with Crippen molar-refractivity contribution in [3.05, 3.63) is 65.0 Å². The van der Waals surface area contributed by atoms with Crippen molar-refractivity contribution in [1.29, 1.82) is 0 Å². The molecule has 2 N–H and O–H groups in total. The number of aryl methyl sites for hydroxylation is 2. The zero-order valence-electron chi connectivity index (χ0n) is 14.5. The fourth-order valence-corrected chi connectivity index (χ4v) is 4.59. The first kappa shape index (κ1) is 15.8. The Morgan fingerprint density at radius 1 is 1.08 bits per heavy atom. The van der Waals surface area contributed by atoms with Crippen LogP contribution in [0.4, 0.5) is 0 Å². The molecule has 2 nitrogen and oxygen atoms in total. The largest absolute Gasteiger partial charge is 0.328 e. The molecule has 1 saturated carbocycles. The van der Waals surface area contributed by atoms with Crippen molar-refractivity contribution in [2.24, 2.45) is 11.7 Å². The van der Waals surface area contributed by atoms with Gasteiger partial charge in [0.15, 0.2) is 0 Å². The van der Waals surface area contributed by atoms with Crippen LogP contribution in [-0.2, 0) is 19.3 Å². The summed E-state index contributed by atoms with van der Waals surface area (Å²) in [6, 6.07) is 11.9. The van der Waals surface area contributed by atoms with E-state index in [0.29, 0.717) is 12.0 Å². The Labute approximate surface area is 145 Å². The van der Waals surface area contributed by atoms with Crippen molar-refractivity contribution >= 4 is 0 Å². The van der Waals surface area contributed by atoms with Crippen molar-refractivity contribution in [3.63, 3.8) is 0 Å². The Kier molecular flexibility index (Phi) is 4.66. The van der Waals surface area contributed by atoms with E-state index in [2.05, 4.69) is 29.2 Å².